The molecule has 88 valence electrons. The fraction of sp³-hybridized carbons (Fsp3) is 0.636. The predicted molar refractivity (Wildman–Crippen MR) is 63.7 cm³/mol. The van der Waals surface area contributed by atoms with Gasteiger partial charge in [0.1, 0.15) is 0 Å². The SMILES string of the molecule is CC(Nc1nccnc1Cl)C1CCOCC1. The summed E-state index contributed by atoms with van der Waals surface area (Å²) in [6.07, 6.45) is 5.41. The molecular formula is C11H16ClN3O. The van der Waals surface area contributed by atoms with Gasteiger partial charge in [-0.1, -0.05) is 11.6 Å². The third-order valence-corrected chi connectivity index (χ3v) is 3.27. The Labute approximate surface area is 100 Å². The lowest BCUT2D eigenvalue weighted by atomic mass is 9.93. The maximum Gasteiger partial charge on any atom is 0.171 e. The second kappa shape index (κ2) is 5.46. The fourth-order valence-corrected chi connectivity index (χ4v) is 2.13. The minimum atomic E-state index is 0.345. The van der Waals surface area contributed by atoms with E-state index in [0.717, 1.165) is 26.1 Å². The average molecular weight is 242 g/mol. The molecule has 1 unspecified atom stereocenters. The summed E-state index contributed by atoms with van der Waals surface area (Å²) in [4.78, 5) is 8.17. The summed E-state index contributed by atoms with van der Waals surface area (Å²) in [6, 6.07) is 0.345. The molecule has 2 heterocycles. The van der Waals surface area contributed by atoms with Crippen LogP contribution in [0.3, 0.4) is 0 Å². The maximum atomic E-state index is 5.95. The molecule has 1 saturated heterocycles. The van der Waals surface area contributed by atoms with Crippen molar-refractivity contribution in [2.45, 2.75) is 25.8 Å². The van der Waals surface area contributed by atoms with Gasteiger partial charge in [0.05, 0.1) is 0 Å². The maximum absolute atomic E-state index is 5.95. The molecule has 0 bridgehead atoms. The van der Waals surface area contributed by atoms with E-state index >= 15 is 0 Å². The molecule has 5 heteroatoms. The lowest BCUT2D eigenvalue weighted by molar-refractivity contribution is 0.0622. The van der Waals surface area contributed by atoms with Crippen LogP contribution in [0.15, 0.2) is 12.4 Å². The molecule has 0 aromatic carbocycles. The van der Waals surface area contributed by atoms with Crippen LogP contribution in [-0.2, 0) is 4.74 Å². The second-order valence-electron chi connectivity index (χ2n) is 4.08. The van der Waals surface area contributed by atoms with Crippen molar-refractivity contribution in [3.05, 3.63) is 17.5 Å². The molecule has 1 aromatic rings. The molecule has 1 aliphatic rings. The average Bonchev–Trinajstić information content (AvgIpc) is 2.33. The van der Waals surface area contributed by atoms with Crippen LogP contribution in [0.5, 0.6) is 0 Å². The Morgan fingerprint density at radius 1 is 1.38 bits per heavy atom. The number of anilines is 1. The first kappa shape index (κ1) is 11.6. The van der Waals surface area contributed by atoms with E-state index in [4.69, 9.17) is 16.3 Å². The van der Waals surface area contributed by atoms with E-state index in [1.807, 2.05) is 0 Å². The van der Waals surface area contributed by atoms with Gasteiger partial charge in [0.2, 0.25) is 0 Å². The molecule has 1 atom stereocenters. The molecule has 0 aliphatic carbocycles. The Kier molecular flexibility index (Phi) is 3.96. The number of halogens is 1. The molecule has 0 amide bonds. The van der Waals surface area contributed by atoms with E-state index in [1.54, 1.807) is 12.4 Å². The number of rotatable bonds is 3. The van der Waals surface area contributed by atoms with Crippen LogP contribution in [0.4, 0.5) is 5.82 Å². The molecule has 4 nitrogen and oxygen atoms in total. The van der Waals surface area contributed by atoms with Crippen LogP contribution in [0, 0.1) is 5.92 Å². The van der Waals surface area contributed by atoms with Crippen molar-refractivity contribution in [3.8, 4) is 0 Å². The Balaban J connectivity index is 1.96. The zero-order valence-corrected chi connectivity index (χ0v) is 10.1. The summed E-state index contributed by atoms with van der Waals surface area (Å²) in [5.41, 5.74) is 0. The van der Waals surface area contributed by atoms with Gasteiger partial charge in [-0.3, -0.25) is 0 Å². The lowest BCUT2D eigenvalue weighted by Gasteiger charge is -2.28. The van der Waals surface area contributed by atoms with E-state index in [2.05, 4.69) is 22.2 Å². The number of aromatic nitrogens is 2. The largest absolute Gasteiger partial charge is 0.381 e. The van der Waals surface area contributed by atoms with Crippen LogP contribution in [0.1, 0.15) is 19.8 Å². The van der Waals surface area contributed by atoms with Crippen LogP contribution in [0.25, 0.3) is 0 Å². The van der Waals surface area contributed by atoms with Crippen molar-refractivity contribution in [2.24, 2.45) is 5.92 Å². The number of hydrogen-bond donors (Lipinski definition) is 1. The van der Waals surface area contributed by atoms with Gasteiger partial charge in [-0.15, -0.1) is 0 Å². The van der Waals surface area contributed by atoms with Gasteiger partial charge in [-0.05, 0) is 25.7 Å². The van der Waals surface area contributed by atoms with E-state index in [0.29, 0.717) is 22.9 Å². The van der Waals surface area contributed by atoms with Crippen molar-refractivity contribution in [3.63, 3.8) is 0 Å². The van der Waals surface area contributed by atoms with Crippen molar-refractivity contribution < 1.29 is 4.74 Å². The molecule has 0 spiro atoms. The van der Waals surface area contributed by atoms with Gasteiger partial charge < -0.3 is 10.1 Å². The molecule has 1 aromatic heterocycles. The molecule has 2 rings (SSSR count). The second-order valence-corrected chi connectivity index (χ2v) is 4.44. The summed E-state index contributed by atoms with van der Waals surface area (Å²) in [5, 5.41) is 3.75. The standard InChI is InChI=1S/C11H16ClN3O/c1-8(9-2-6-16-7-3-9)15-11-10(12)13-4-5-14-11/h4-5,8-9H,2-3,6-7H2,1H3,(H,14,15). The monoisotopic (exact) mass is 241 g/mol. The highest BCUT2D eigenvalue weighted by molar-refractivity contribution is 6.31. The van der Waals surface area contributed by atoms with E-state index in [-0.39, 0.29) is 0 Å². The van der Waals surface area contributed by atoms with Gasteiger partial charge in [-0.2, -0.15) is 0 Å². The molecule has 16 heavy (non-hydrogen) atoms. The fourth-order valence-electron chi connectivity index (χ4n) is 1.97. The highest BCUT2D eigenvalue weighted by Gasteiger charge is 2.21. The summed E-state index contributed by atoms with van der Waals surface area (Å²) in [6.45, 7) is 3.86. The normalized spacial score (nSPS) is 19.4. The smallest absolute Gasteiger partial charge is 0.171 e. The molecule has 1 aliphatic heterocycles. The van der Waals surface area contributed by atoms with E-state index in [1.165, 1.54) is 0 Å². The zero-order chi connectivity index (χ0) is 11.4. The summed E-state index contributed by atoms with van der Waals surface area (Å²) < 4.78 is 5.34. The Morgan fingerprint density at radius 3 is 2.75 bits per heavy atom. The molecule has 0 saturated carbocycles. The summed E-state index contributed by atoms with van der Waals surface area (Å²) in [7, 11) is 0. The third-order valence-electron chi connectivity index (χ3n) is 2.99. The van der Waals surface area contributed by atoms with Gasteiger partial charge >= 0.3 is 0 Å². The minimum absolute atomic E-state index is 0.345. The summed E-state index contributed by atoms with van der Waals surface area (Å²) >= 11 is 5.95. The van der Waals surface area contributed by atoms with Crippen molar-refractivity contribution >= 4 is 17.4 Å². The highest BCUT2D eigenvalue weighted by Crippen LogP contribution is 2.23. The van der Waals surface area contributed by atoms with Gasteiger partial charge in [0, 0.05) is 31.6 Å². The molecule has 1 fully saturated rings. The summed E-state index contributed by atoms with van der Waals surface area (Å²) in [5.74, 6) is 1.29. The first-order valence-corrected chi connectivity index (χ1v) is 5.96. The quantitative estimate of drug-likeness (QED) is 0.883. The first-order valence-electron chi connectivity index (χ1n) is 5.58. The van der Waals surface area contributed by atoms with E-state index in [9.17, 15) is 0 Å². The molecular weight excluding hydrogens is 226 g/mol. The number of ether oxygens (including phenoxy) is 1. The van der Waals surface area contributed by atoms with Gasteiger partial charge in [0.15, 0.2) is 11.0 Å². The van der Waals surface area contributed by atoms with Crippen LogP contribution in [0.2, 0.25) is 5.15 Å². The van der Waals surface area contributed by atoms with Gasteiger partial charge in [-0.25, -0.2) is 9.97 Å². The topological polar surface area (TPSA) is 47.0 Å². The number of nitrogens with zero attached hydrogens (tertiary/aromatic N) is 2. The number of nitrogens with one attached hydrogen (secondary N) is 1. The molecule has 0 radical (unpaired) electrons. The molecule has 1 N–H and O–H groups in total. The highest BCUT2D eigenvalue weighted by atomic mass is 35.5. The van der Waals surface area contributed by atoms with Crippen LogP contribution >= 0.6 is 11.6 Å². The van der Waals surface area contributed by atoms with Crippen LogP contribution in [-0.4, -0.2) is 29.2 Å². The Hall–Kier alpha value is -0.870. The van der Waals surface area contributed by atoms with Crippen molar-refractivity contribution in [1.82, 2.24) is 9.97 Å². The lowest BCUT2D eigenvalue weighted by Crippen LogP contribution is -2.31. The van der Waals surface area contributed by atoms with Crippen molar-refractivity contribution in [2.75, 3.05) is 18.5 Å². The van der Waals surface area contributed by atoms with Crippen molar-refractivity contribution in [1.29, 1.82) is 0 Å². The van der Waals surface area contributed by atoms with E-state index < -0.39 is 0 Å². The Bertz CT molecular complexity index is 342. The Morgan fingerprint density at radius 2 is 2.06 bits per heavy atom. The van der Waals surface area contributed by atoms with Crippen LogP contribution < -0.4 is 5.32 Å². The number of hydrogen-bond acceptors (Lipinski definition) is 4. The predicted octanol–water partition coefficient (Wildman–Crippen LogP) is 2.36. The van der Waals surface area contributed by atoms with Gasteiger partial charge in [0.25, 0.3) is 0 Å². The zero-order valence-electron chi connectivity index (χ0n) is 9.32. The third kappa shape index (κ3) is 2.83. The first-order chi connectivity index (χ1) is 7.77. The minimum Gasteiger partial charge on any atom is -0.381 e.